The molecule has 1 fully saturated rings. The maximum Gasteiger partial charge on any atom is 0.214 e. The molecule has 0 aromatic heterocycles. The monoisotopic (exact) mass is 313 g/mol. The van der Waals surface area contributed by atoms with Crippen LogP contribution in [0, 0.1) is 0 Å². The molecule has 2 atom stereocenters. The van der Waals surface area contributed by atoms with Gasteiger partial charge in [-0.25, -0.2) is 13.1 Å². The van der Waals surface area contributed by atoms with E-state index in [1.807, 2.05) is 6.92 Å². The third-order valence-corrected chi connectivity index (χ3v) is 5.18. The van der Waals surface area contributed by atoms with Crippen LogP contribution in [0.1, 0.15) is 32.6 Å². The molecule has 0 saturated heterocycles. The molecule has 0 aromatic rings. The molecule has 1 aliphatic carbocycles. The van der Waals surface area contributed by atoms with Crippen molar-refractivity contribution in [3.63, 3.8) is 0 Å². The molecule has 16 heavy (non-hydrogen) atoms. The summed E-state index contributed by atoms with van der Waals surface area (Å²) in [7, 11) is -3.19. The first-order valence-corrected chi connectivity index (χ1v) is 8.34. The Hall–Kier alpha value is 0.350. The highest BCUT2D eigenvalue weighted by Gasteiger charge is 2.26. The van der Waals surface area contributed by atoms with E-state index in [0.717, 1.165) is 19.3 Å². The van der Waals surface area contributed by atoms with Gasteiger partial charge in [0, 0.05) is 17.5 Å². The van der Waals surface area contributed by atoms with Gasteiger partial charge in [-0.05, 0) is 19.8 Å². The summed E-state index contributed by atoms with van der Waals surface area (Å²) in [4.78, 5) is 0.267. The predicted octanol–water partition coefficient (Wildman–Crippen LogP) is 1.65. The Morgan fingerprint density at radius 2 is 2.06 bits per heavy atom. The van der Waals surface area contributed by atoms with Gasteiger partial charge in [-0.3, -0.25) is 0 Å². The Morgan fingerprint density at radius 3 is 2.69 bits per heavy atom. The Kier molecular flexibility index (Phi) is 6.25. The van der Waals surface area contributed by atoms with E-state index in [1.54, 1.807) is 0 Å². The van der Waals surface area contributed by atoms with Crippen molar-refractivity contribution in [2.45, 2.75) is 43.5 Å². The molecule has 1 N–H and O–H groups in total. The topological polar surface area (TPSA) is 55.4 Å². The Morgan fingerprint density at radius 1 is 1.38 bits per heavy atom. The van der Waals surface area contributed by atoms with E-state index in [0.29, 0.717) is 6.61 Å². The molecule has 0 aliphatic heterocycles. The van der Waals surface area contributed by atoms with Gasteiger partial charge in [0.25, 0.3) is 0 Å². The maximum atomic E-state index is 11.7. The van der Waals surface area contributed by atoms with Crippen LogP contribution in [-0.4, -0.2) is 38.3 Å². The van der Waals surface area contributed by atoms with Gasteiger partial charge in [0.1, 0.15) is 0 Å². The van der Waals surface area contributed by atoms with Crippen LogP contribution in [0.5, 0.6) is 0 Å². The van der Waals surface area contributed by atoms with Crippen molar-refractivity contribution in [1.29, 1.82) is 0 Å². The molecule has 1 saturated carbocycles. The van der Waals surface area contributed by atoms with Gasteiger partial charge in [-0.1, -0.05) is 28.8 Å². The molecule has 0 amide bonds. The second kappa shape index (κ2) is 6.93. The number of sulfonamides is 1. The highest BCUT2D eigenvalue weighted by Crippen LogP contribution is 2.24. The molecular weight excluding hydrogens is 294 g/mol. The fraction of sp³-hybridized carbons (Fsp3) is 1.00. The van der Waals surface area contributed by atoms with Gasteiger partial charge in [0.15, 0.2) is 0 Å². The summed E-state index contributed by atoms with van der Waals surface area (Å²) in [5, 5.41) is 0. The largest absolute Gasteiger partial charge is 0.381 e. The maximum absolute atomic E-state index is 11.7. The van der Waals surface area contributed by atoms with Crippen molar-refractivity contribution in [1.82, 2.24) is 4.72 Å². The molecule has 0 radical (unpaired) electrons. The van der Waals surface area contributed by atoms with Crippen molar-refractivity contribution >= 4 is 26.0 Å². The lowest BCUT2D eigenvalue weighted by Gasteiger charge is -2.27. The molecule has 1 rings (SSSR count). The summed E-state index contributed by atoms with van der Waals surface area (Å²) in [5.41, 5.74) is 0. The van der Waals surface area contributed by atoms with Crippen molar-refractivity contribution in [2.24, 2.45) is 0 Å². The molecule has 0 aromatic carbocycles. The number of alkyl halides is 1. The first-order valence-electron chi connectivity index (χ1n) is 5.77. The Bertz CT molecular complexity index is 294. The predicted molar refractivity (Wildman–Crippen MR) is 68.4 cm³/mol. The van der Waals surface area contributed by atoms with Crippen LogP contribution in [0.4, 0.5) is 0 Å². The minimum Gasteiger partial charge on any atom is -0.381 e. The van der Waals surface area contributed by atoms with Crippen molar-refractivity contribution < 1.29 is 13.2 Å². The minimum absolute atomic E-state index is 0.0420. The number of rotatable bonds is 6. The van der Waals surface area contributed by atoms with E-state index in [1.165, 1.54) is 6.42 Å². The van der Waals surface area contributed by atoms with Crippen LogP contribution in [0.3, 0.4) is 0 Å². The van der Waals surface area contributed by atoms with E-state index in [4.69, 9.17) is 4.74 Å². The van der Waals surface area contributed by atoms with E-state index >= 15 is 0 Å². The van der Waals surface area contributed by atoms with Crippen LogP contribution in [-0.2, 0) is 14.8 Å². The van der Waals surface area contributed by atoms with Gasteiger partial charge >= 0.3 is 0 Å². The van der Waals surface area contributed by atoms with Crippen molar-refractivity contribution in [2.75, 3.05) is 19.0 Å². The number of ether oxygens (including phenoxy) is 1. The number of nitrogens with one attached hydrogen (secondary N) is 1. The van der Waals surface area contributed by atoms with E-state index in [-0.39, 0.29) is 23.2 Å². The molecule has 6 heteroatoms. The third-order valence-electron chi connectivity index (χ3n) is 2.71. The van der Waals surface area contributed by atoms with E-state index < -0.39 is 10.0 Å². The zero-order valence-corrected chi connectivity index (χ0v) is 12.0. The normalized spacial score (nSPS) is 26.9. The summed E-state index contributed by atoms with van der Waals surface area (Å²) >= 11 is 3.53. The number of hydrogen-bond acceptors (Lipinski definition) is 3. The lowest BCUT2D eigenvalue weighted by atomic mass is 9.96. The molecule has 2 unspecified atom stereocenters. The summed E-state index contributed by atoms with van der Waals surface area (Å²) in [5.74, 6) is 0.0526. The molecule has 1 aliphatic rings. The van der Waals surface area contributed by atoms with Crippen LogP contribution < -0.4 is 4.72 Å². The first-order chi connectivity index (χ1) is 7.55. The molecule has 4 nitrogen and oxygen atoms in total. The summed E-state index contributed by atoms with van der Waals surface area (Å²) in [6.07, 6.45) is 4.23. The smallest absolute Gasteiger partial charge is 0.214 e. The second-order valence-corrected chi connectivity index (χ2v) is 7.09. The van der Waals surface area contributed by atoms with Gasteiger partial charge in [0.2, 0.25) is 10.0 Å². The summed E-state index contributed by atoms with van der Waals surface area (Å²) in [6, 6.07) is 0.0420. The Balaban J connectivity index is 2.38. The minimum atomic E-state index is -3.19. The van der Waals surface area contributed by atoms with Crippen LogP contribution in [0.15, 0.2) is 0 Å². The summed E-state index contributed by atoms with van der Waals surface area (Å²) in [6.45, 7) is 2.68. The highest BCUT2D eigenvalue weighted by atomic mass is 79.9. The molecule has 0 spiro atoms. The van der Waals surface area contributed by atoms with Crippen LogP contribution in [0.25, 0.3) is 0 Å². The molecule has 96 valence electrons. The summed E-state index contributed by atoms with van der Waals surface area (Å²) < 4.78 is 31.2. The van der Waals surface area contributed by atoms with Crippen LogP contribution in [0.2, 0.25) is 0 Å². The molecule has 0 bridgehead atoms. The van der Waals surface area contributed by atoms with Crippen molar-refractivity contribution in [3.05, 3.63) is 0 Å². The quantitative estimate of drug-likeness (QED) is 0.599. The van der Waals surface area contributed by atoms with Gasteiger partial charge in [-0.2, -0.15) is 0 Å². The zero-order chi connectivity index (χ0) is 12.0. The standard InChI is InChI=1S/C10H20BrNO3S/c1-2-15-7-8-16(13,14)12-10-6-4-3-5-9(10)11/h9-10,12H,2-8H2,1H3. The molecular formula is C10H20BrNO3S. The lowest BCUT2D eigenvalue weighted by Crippen LogP contribution is -2.44. The average Bonchev–Trinajstić information content (AvgIpc) is 2.21. The van der Waals surface area contributed by atoms with Gasteiger partial charge < -0.3 is 4.74 Å². The lowest BCUT2D eigenvalue weighted by molar-refractivity contribution is 0.163. The SMILES string of the molecule is CCOCCS(=O)(=O)NC1CCCCC1Br. The highest BCUT2D eigenvalue weighted by molar-refractivity contribution is 9.09. The fourth-order valence-electron chi connectivity index (χ4n) is 1.82. The third kappa shape index (κ3) is 5.12. The van der Waals surface area contributed by atoms with E-state index in [9.17, 15) is 8.42 Å². The Labute approximate surface area is 106 Å². The fourth-order valence-corrected chi connectivity index (χ4v) is 3.91. The van der Waals surface area contributed by atoms with Gasteiger partial charge in [-0.15, -0.1) is 0 Å². The first kappa shape index (κ1) is 14.4. The number of halogens is 1. The molecule has 0 heterocycles. The van der Waals surface area contributed by atoms with Gasteiger partial charge in [0.05, 0.1) is 12.4 Å². The van der Waals surface area contributed by atoms with Crippen LogP contribution >= 0.6 is 15.9 Å². The second-order valence-electron chi connectivity index (χ2n) is 4.04. The van der Waals surface area contributed by atoms with E-state index in [2.05, 4.69) is 20.7 Å². The average molecular weight is 314 g/mol. The zero-order valence-electron chi connectivity index (χ0n) is 9.62. The number of hydrogen-bond donors (Lipinski definition) is 1. The van der Waals surface area contributed by atoms with Crippen molar-refractivity contribution in [3.8, 4) is 0 Å².